The number of fused-ring (bicyclic) bond motifs is 1. The van der Waals surface area contributed by atoms with E-state index in [0.29, 0.717) is 11.3 Å². The molecule has 0 unspecified atom stereocenters. The van der Waals surface area contributed by atoms with Crippen LogP contribution in [-0.2, 0) is 13.1 Å². The lowest BCUT2D eigenvalue weighted by atomic mass is 10.2. The molecule has 0 aliphatic carbocycles. The van der Waals surface area contributed by atoms with Gasteiger partial charge < -0.3 is 4.57 Å². The first kappa shape index (κ1) is 20.6. The molecule has 3 aromatic carbocycles. The van der Waals surface area contributed by atoms with Gasteiger partial charge in [-0.05, 0) is 47.9 Å². The number of benzene rings is 3. The second kappa shape index (κ2) is 8.35. The summed E-state index contributed by atoms with van der Waals surface area (Å²) in [5.74, 6) is -0.352. The van der Waals surface area contributed by atoms with Crippen LogP contribution in [0.4, 0.5) is 4.39 Å². The van der Waals surface area contributed by atoms with E-state index in [1.165, 1.54) is 27.6 Å². The molecule has 0 aliphatic heterocycles. The van der Waals surface area contributed by atoms with E-state index in [1.54, 1.807) is 16.7 Å². The van der Waals surface area contributed by atoms with E-state index in [2.05, 4.69) is 4.98 Å². The van der Waals surface area contributed by atoms with Crippen molar-refractivity contribution in [3.63, 3.8) is 0 Å². The van der Waals surface area contributed by atoms with Gasteiger partial charge in [-0.25, -0.2) is 18.7 Å². The van der Waals surface area contributed by atoms with Gasteiger partial charge in [-0.3, -0.25) is 9.36 Å². The van der Waals surface area contributed by atoms with Crippen LogP contribution >= 0.6 is 0 Å². The summed E-state index contributed by atoms with van der Waals surface area (Å²) in [4.78, 5) is 31.5. The van der Waals surface area contributed by atoms with Crippen LogP contribution < -0.4 is 11.2 Å². The van der Waals surface area contributed by atoms with Gasteiger partial charge in [-0.2, -0.15) is 0 Å². The minimum Gasteiger partial charge on any atom is -0.320 e. The van der Waals surface area contributed by atoms with Crippen molar-refractivity contribution in [3.05, 3.63) is 129 Å². The lowest BCUT2D eigenvalue weighted by Gasteiger charge is -2.13. The predicted octanol–water partition coefficient (Wildman–Crippen LogP) is 3.89. The highest BCUT2D eigenvalue weighted by molar-refractivity contribution is 5.72. The molecule has 0 saturated carbocycles. The van der Waals surface area contributed by atoms with Crippen LogP contribution in [0.15, 0.2) is 94.8 Å². The molecule has 2 aromatic heterocycles. The van der Waals surface area contributed by atoms with Gasteiger partial charge in [0.15, 0.2) is 11.2 Å². The highest BCUT2D eigenvalue weighted by atomic mass is 19.1. The number of aryl methyl sites for hydroxylation is 1. The summed E-state index contributed by atoms with van der Waals surface area (Å²) >= 11 is 0. The Labute approximate surface area is 188 Å². The third-order valence-corrected chi connectivity index (χ3v) is 5.59. The summed E-state index contributed by atoms with van der Waals surface area (Å²) in [5.41, 5.74) is 2.80. The maximum Gasteiger partial charge on any atom is 0.337 e. The zero-order valence-electron chi connectivity index (χ0n) is 18.0. The van der Waals surface area contributed by atoms with E-state index in [4.69, 9.17) is 0 Å². The van der Waals surface area contributed by atoms with E-state index in [-0.39, 0.29) is 30.1 Å². The van der Waals surface area contributed by atoms with Crippen LogP contribution in [0.25, 0.3) is 16.9 Å². The first-order chi connectivity index (χ1) is 16.0. The number of hydrogen-bond acceptors (Lipinski definition) is 3. The van der Waals surface area contributed by atoms with Crippen LogP contribution in [0, 0.1) is 12.7 Å². The Hall–Kier alpha value is -4.26. The zero-order valence-corrected chi connectivity index (χ0v) is 18.0. The van der Waals surface area contributed by atoms with Crippen LogP contribution in [0.1, 0.15) is 16.7 Å². The van der Waals surface area contributed by atoms with Gasteiger partial charge in [0.25, 0.3) is 5.56 Å². The fourth-order valence-corrected chi connectivity index (χ4v) is 4.04. The summed E-state index contributed by atoms with van der Waals surface area (Å²) in [6, 6.07) is 23.1. The molecule has 164 valence electrons. The quantitative estimate of drug-likeness (QED) is 0.417. The van der Waals surface area contributed by atoms with E-state index in [9.17, 15) is 14.0 Å². The molecule has 0 fully saturated rings. The average molecular weight is 440 g/mol. The number of aromatic nitrogens is 4. The van der Waals surface area contributed by atoms with Gasteiger partial charge in [-0.15, -0.1) is 0 Å². The first-order valence-electron chi connectivity index (χ1n) is 10.6. The van der Waals surface area contributed by atoms with Crippen molar-refractivity contribution in [2.24, 2.45) is 0 Å². The molecule has 33 heavy (non-hydrogen) atoms. The summed E-state index contributed by atoms with van der Waals surface area (Å²) in [7, 11) is 0. The fourth-order valence-electron chi connectivity index (χ4n) is 4.04. The zero-order chi connectivity index (χ0) is 22.9. The van der Waals surface area contributed by atoms with E-state index >= 15 is 0 Å². The van der Waals surface area contributed by atoms with Crippen molar-refractivity contribution in [1.82, 2.24) is 18.7 Å². The maximum atomic E-state index is 13.7. The topological polar surface area (TPSA) is 61.8 Å². The molecule has 5 aromatic rings. The van der Waals surface area contributed by atoms with Gasteiger partial charge in [-0.1, -0.05) is 54.6 Å². The van der Waals surface area contributed by atoms with Gasteiger partial charge >= 0.3 is 5.69 Å². The molecule has 6 nitrogen and oxygen atoms in total. The van der Waals surface area contributed by atoms with Crippen molar-refractivity contribution in [3.8, 4) is 5.69 Å². The summed E-state index contributed by atoms with van der Waals surface area (Å²) in [6.07, 6.45) is 1.52. The minimum absolute atomic E-state index is 0.130. The smallest absolute Gasteiger partial charge is 0.320 e. The Morgan fingerprint density at radius 3 is 2.36 bits per heavy atom. The van der Waals surface area contributed by atoms with E-state index in [0.717, 1.165) is 11.1 Å². The van der Waals surface area contributed by atoms with Crippen molar-refractivity contribution < 1.29 is 4.39 Å². The highest BCUT2D eigenvalue weighted by Gasteiger charge is 2.19. The second-order valence-electron chi connectivity index (χ2n) is 8.01. The van der Waals surface area contributed by atoms with Crippen molar-refractivity contribution in [1.29, 1.82) is 0 Å². The molecule has 0 saturated heterocycles. The molecule has 2 heterocycles. The molecule has 0 N–H and O–H groups in total. The Morgan fingerprint density at radius 2 is 1.61 bits per heavy atom. The summed E-state index contributed by atoms with van der Waals surface area (Å²) < 4.78 is 18.1. The van der Waals surface area contributed by atoms with Gasteiger partial charge in [0, 0.05) is 6.54 Å². The standard InChI is InChI=1S/C26H21FN4O2/c1-18-7-5-12-22(13-18)31-24-23(29(17-28-24)15-20-10-6-11-21(27)14-20)25(32)30(26(31)33)16-19-8-3-2-4-9-19/h2-14,17H,15-16H2,1H3. The van der Waals surface area contributed by atoms with Crippen LogP contribution in [-0.4, -0.2) is 18.7 Å². The van der Waals surface area contributed by atoms with Crippen LogP contribution in [0.2, 0.25) is 0 Å². The molecule has 7 heteroatoms. The average Bonchev–Trinajstić information content (AvgIpc) is 3.21. The first-order valence-corrected chi connectivity index (χ1v) is 10.6. The number of imidazole rings is 1. The SMILES string of the molecule is Cc1cccc(-n2c(=O)n(Cc3ccccc3)c(=O)c3c2ncn3Cc2cccc(F)c2)c1. The molecule has 0 spiro atoms. The number of rotatable bonds is 5. The number of nitrogens with zero attached hydrogens (tertiary/aromatic N) is 4. The summed E-state index contributed by atoms with van der Waals surface area (Å²) in [6.45, 7) is 2.32. The fraction of sp³-hybridized carbons (Fsp3) is 0.115. The molecular weight excluding hydrogens is 419 g/mol. The Morgan fingerprint density at radius 1 is 0.848 bits per heavy atom. The van der Waals surface area contributed by atoms with Crippen molar-refractivity contribution >= 4 is 11.2 Å². The van der Waals surface area contributed by atoms with Crippen molar-refractivity contribution in [2.75, 3.05) is 0 Å². The normalized spacial score (nSPS) is 11.2. The maximum absolute atomic E-state index is 13.7. The Bertz CT molecular complexity index is 1580. The lowest BCUT2D eigenvalue weighted by molar-refractivity contribution is 0.623. The van der Waals surface area contributed by atoms with Gasteiger partial charge in [0.2, 0.25) is 0 Å². The van der Waals surface area contributed by atoms with Gasteiger partial charge in [0.1, 0.15) is 5.82 Å². The summed E-state index contributed by atoms with van der Waals surface area (Å²) in [5, 5.41) is 0. The predicted molar refractivity (Wildman–Crippen MR) is 125 cm³/mol. The molecule has 0 atom stereocenters. The molecular formula is C26H21FN4O2. The largest absolute Gasteiger partial charge is 0.337 e. The third kappa shape index (κ3) is 3.89. The number of hydrogen-bond donors (Lipinski definition) is 0. The van der Waals surface area contributed by atoms with Crippen LogP contribution in [0.3, 0.4) is 0 Å². The van der Waals surface area contributed by atoms with Gasteiger partial charge in [0.05, 0.1) is 18.6 Å². The molecule has 0 aliphatic rings. The molecule has 0 radical (unpaired) electrons. The third-order valence-electron chi connectivity index (χ3n) is 5.59. The Kier molecular flexibility index (Phi) is 5.22. The van der Waals surface area contributed by atoms with Crippen LogP contribution in [0.5, 0.6) is 0 Å². The van der Waals surface area contributed by atoms with E-state index in [1.807, 2.05) is 61.5 Å². The Balaban J connectivity index is 1.77. The molecule has 0 amide bonds. The minimum atomic E-state index is -0.460. The second-order valence-corrected chi connectivity index (χ2v) is 8.01. The highest BCUT2D eigenvalue weighted by Crippen LogP contribution is 2.16. The monoisotopic (exact) mass is 440 g/mol. The lowest BCUT2D eigenvalue weighted by Crippen LogP contribution is -2.40. The molecule has 0 bridgehead atoms. The molecule has 5 rings (SSSR count). The van der Waals surface area contributed by atoms with E-state index < -0.39 is 11.2 Å². The number of halogens is 1. The van der Waals surface area contributed by atoms with Crippen molar-refractivity contribution in [2.45, 2.75) is 20.0 Å².